The Labute approximate surface area is 191 Å². The minimum atomic E-state index is 0.821. The van der Waals surface area contributed by atoms with Crippen LogP contribution in [0.25, 0.3) is 33.0 Å². The molecule has 0 unspecified atom stereocenters. The molecule has 1 heterocycles. The van der Waals surface area contributed by atoms with Crippen LogP contribution in [-0.2, 0) is 6.42 Å². The second-order valence-electron chi connectivity index (χ2n) is 7.94. The van der Waals surface area contributed by atoms with Crippen LogP contribution in [0, 0.1) is 0 Å². The average molecular weight is 435 g/mol. The van der Waals surface area contributed by atoms with Crippen LogP contribution in [0.1, 0.15) is 11.1 Å². The van der Waals surface area contributed by atoms with Crippen molar-refractivity contribution in [3.05, 3.63) is 119 Å². The van der Waals surface area contributed by atoms with Crippen LogP contribution in [0.4, 0.5) is 0 Å². The zero-order chi connectivity index (χ0) is 20.8. The molecule has 0 aromatic heterocycles. The van der Waals surface area contributed by atoms with E-state index in [2.05, 4.69) is 97.1 Å². The van der Waals surface area contributed by atoms with Crippen LogP contribution in [0.15, 0.2) is 113 Å². The van der Waals surface area contributed by atoms with Crippen molar-refractivity contribution in [1.82, 2.24) is 0 Å². The normalized spacial score (nSPS) is 12.0. The summed E-state index contributed by atoms with van der Waals surface area (Å²) in [5, 5.41) is 3.50. The lowest BCUT2D eigenvalue weighted by molar-refractivity contribution is 1.17. The summed E-state index contributed by atoms with van der Waals surface area (Å²) in [6.45, 7) is 0. The van der Waals surface area contributed by atoms with E-state index in [0.717, 1.165) is 22.6 Å². The van der Waals surface area contributed by atoms with Gasteiger partial charge in [-0.05, 0) is 63.4 Å². The maximum absolute atomic E-state index is 6.69. The fourth-order valence-corrected chi connectivity index (χ4v) is 5.90. The topological polar surface area (TPSA) is 0 Å². The Hall–Kier alpha value is -3.00. The molecule has 0 aliphatic carbocycles. The molecule has 0 spiro atoms. The number of rotatable bonds is 3. The third kappa shape index (κ3) is 3.35. The van der Waals surface area contributed by atoms with E-state index in [4.69, 9.17) is 11.6 Å². The molecule has 0 N–H and O–H groups in total. The van der Waals surface area contributed by atoms with Crippen molar-refractivity contribution in [3.63, 3.8) is 0 Å². The van der Waals surface area contributed by atoms with Crippen LogP contribution in [0.2, 0.25) is 5.02 Å². The van der Waals surface area contributed by atoms with E-state index in [1.807, 2.05) is 17.8 Å². The average Bonchev–Trinajstić information content (AvgIpc) is 2.81. The molecule has 0 atom stereocenters. The van der Waals surface area contributed by atoms with E-state index < -0.39 is 0 Å². The highest BCUT2D eigenvalue weighted by Crippen LogP contribution is 2.48. The highest BCUT2D eigenvalue weighted by molar-refractivity contribution is 7.99. The van der Waals surface area contributed by atoms with E-state index in [9.17, 15) is 0 Å². The van der Waals surface area contributed by atoms with Gasteiger partial charge in [0.2, 0.25) is 0 Å². The molecular formula is C29H19ClS. The van der Waals surface area contributed by atoms with Gasteiger partial charge in [0, 0.05) is 20.2 Å². The molecule has 5 aromatic rings. The van der Waals surface area contributed by atoms with Crippen molar-refractivity contribution in [2.45, 2.75) is 16.2 Å². The minimum absolute atomic E-state index is 0.821. The molecule has 5 aromatic carbocycles. The zero-order valence-electron chi connectivity index (χ0n) is 16.8. The first kappa shape index (κ1) is 18.7. The highest BCUT2D eigenvalue weighted by atomic mass is 35.5. The highest BCUT2D eigenvalue weighted by Gasteiger charge is 2.19. The Morgan fingerprint density at radius 3 is 2.29 bits per heavy atom. The van der Waals surface area contributed by atoms with Crippen molar-refractivity contribution in [3.8, 4) is 22.3 Å². The summed E-state index contributed by atoms with van der Waals surface area (Å²) in [4.78, 5) is 2.66. The van der Waals surface area contributed by atoms with Crippen LogP contribution in [0.5, 0.6) is 0 Å². The molecule has 1 aliphatic heterocycles. The molecule has 0 fully saturated rings. The van der Waals surface area contributed by atoms with Gasteiger partial charge in [0.15, 0.2) is 0 Å². The Morgan fingerprint density at radius 2 is 1.45 bits per heavy atom. The van der Waals surface area contributed by atoms with Crippen LogP contribution in [-0.4, -0.2) is 0 Å². The maximum atomic E-state index is 6.69. The molecule has 0 bridgehead atoms. The third-order valence-corrected chi connectivity index (χ3v) is 7.45. The first-order valence-corrected chi connectivity index (χ1v) is 11.6. The zero-order valence-corrected chi connectivity index (χ0v) is 18.4. The summed E-state index contributed by atoms with van der Waals surface area (Å²) in [6, 6.07) is 36.8. The van der Waals surface area contributed by atoms with Gasteiger partial charge in [-0.3, -0.25) is 0 Å². The van der Waals surface area contributed by atoms with E-state index in [-0.39, 0.29) is 0 Å². The molecular weight excluding hydrogens is 416 g/mol. The molecule has 6 rings (SSSR count). The molecule has 0 saturated carbocycles. The molecule has 31 heavy (non-hydrogen) atoms. The molecule has 2 heteroatoms. The van der Waals surface area contributed by atoms with Gasteiger partial charge in [0.1, 0.15) is 0 Å². The summed E-state index contributed by atoms with van der Waals surface area (Å²) in [5.41, 5.74) is 7.44. The number of hydrogen-bond donors (Lipinski definition) is 0. The monoisotopic (exact) mass is 434 g/mol. The van der Waals surface area contributed by atoms with Crippen LogP contribution >= 0.6 is 23.4 Å². The Bertz CT molecular complexity index is 1430. The molecule has 148 valence electrons. The van der Waals surface area contributed by atoms with Crippen molar-refractivity contribution >= 4 is 34.1 Å². The summed E-state index contributed by atoms with van der Waals surface area (Å²) >= 11 is 8.56. The Morgan fingerprint density at radius 1 is 0.613 bits per heavy atom. The largest absolute Gasteiger partial charge is 0.0888 e. The lowest BCUT2D eigenvalue weighted by Crippen LogP contribution is -1.96. The predicted molar refractivity (Wildman–Crippen MR) is 133 cm³/mol. The third-order valence-electron chi connectivity index (χ3n) is 5.98. The fraction of sp³-hybridized carbons (Fsp3) is 0.0345. The quantitative estimate of drug-likeness (QED) is 0.268. The van der Waals surface area contributed by atoms with Crippen molar-refractivity contribution in [2.75, 3.05) is 0 Å². The summed E-state index contributed by atoms with van der Waals surface area (Å²) < 4.78 is 0. The minimum Gasteiger partial charge on any atom is -0.0888 e. The molecule has 0 nitrogen and oxygen atoms in total. The fourth-order valence-electron chi connectivity index (χ4n) is 4.44. The van der Waals surface area contributed by atoms with Crippen LogP contribution < -0.4 is 0 Å². The molecule has 0 radical (unpaired) electrons. The van der Waals surface area contributed by atoms with Crippen molar-refractivity contribution in [1.29, 1.82) is 0 Å². The van der Waals surface area contributed by atoms with Gasteiger partial charge < -0.3 is 0 Å². The number of hydrogen-bond acceptors (Lipinski definition) is 1. The lowest BCUT2D eigenvalue weighted by atomic mass is 9.95. The number of fused-ring (bicyclic) bond motifs is 2. The number of halogens is 1. The lowest BCUT2D eigenvalue weighted by Gasteiger charge is -2.21. The van der Waals surface area contributed by atoms with E-state index in [0.29, 0.717) is 0 Å². The van der Waals surface area contributed by atoms with E-state index in [1.54, 1.807) is 0 Å². The van der Waals surface area contributed by atoms with Crippen molar-refractivity contribution < 1.29 is 0 Å². The van der Waals surface area contributed by atoms with Crippen LogP contribution in [0.3, 0.4) is 0 Å². The first-order valence-electron chi connectivity index (χ1n) is 10.4. The van der Waals surface area contributed by atoms with Gasteiger partial charge in [-0.15, -0.1) is 0 Å². The standard InChI is InChI=1S/C29H19ClS/c30-26-18-22(20-6-2-1-3-7-20)13-14-23(26)16-19-12-15-24-25-10-4-8-21-9-5-11-27(29(21)25)31-28(24)17-19/h1-15,17-18H,16H2. The van der Waals surface area contributed by atoms with Gasteiger partial charge >= 0.3 is 0 Å². The SMILES string of the molecule is Clc1cc(-c2ccccc2)ccc1Cc1ccc2c(c1)Sc1cccc3cccc-2c13. The van der Waals surface area contributed by atoms with Gasteiger partial charge in [0.05, 0.1) is 0 Å². The molecule has 1 aliphatic rings. The molecule has 0 saturated heterocycles. The molecule has 0 amide bonds. The second-order valence-corrected chi connectivity index (χ2v) is 9.43. The summed E-state index contributed by atoms with van der Waals surface area (Å²) in [7, 11) is 0. The van der Waals surface area contributed by atoms with Gasteiger partial charge in [-0.25, -0.2) is 0 Å². The van der Waals surface area contributed by atoms with E-state index >= 15 is 0 Å². The van der Waals surface area contributed by atoms with Gasteiger partial charge in [-0.2, -0.15) is 0 Å². The van der Waals surface area contributed by atoms with Gasteiger partial charge in [0.25, 0.3) is 0 Å². The maximum Gasteiger partial charge on any atom is 0.0447 e. The smallest absolute Gasteiger partial charge is 0.0447 e. The van der Waals surface area contributed by atoms with E-state index in [1.165, 1.54) is 42.8 Å². The Balaban J connectivity index is 1.35. The Kier molecular flexibility index (Phi) is 4.60. The number of benzene rings is 5. The second kappa shape index (κ2) is 7.60. The predicted octanol–water partition coefficient (Wildman–Crippen LogP) is 8.88. The summed E-state index contributed by atoms with van der Waals surface area (Å²) in [5.74, 6) is 0. The summed E-state index contributed by atoms with van der Waals surface area (Å²) in [6.07, 6.45) is 0.827. The van der Waals surface area contributed by atoms with Gasteiger partial charge in [-0.1, -0.05) is 108 Å². The first-order chi connectivity index (χ1) is 15.3. The van der Waals surface area contributed by atoms with Crippen molar-refractivity contribution in [2.24, 2.45) is 0 Å².